The highest BCUT2D eigenvalue weighted by molar-refractivity contribution is 6.07. The lowest BCUT2D eigenvalue weighted by Gasteiger charge is -2.29. The van der Waals surface area contributed by atoms with Crippen molar-refractivity contribution in [2.75, 3.05) is 42.6 Å². The molecular weight excluding hydrogens is 345 g/mol. The molecule has 0 unspecified atom stereocenters. The lowest BCUT2D eigenvalue weighted by atomic mass is 10.1. The van der Waals surface area contributed by atoms with Crippen LogP contribution in [0.5, 0.6) is 0 Å². The van der Waals surface area contributed by atoms with Crippen LogP contribution in [0, 0.1) is 17.5 Å². The number of nitrogens with zero attached hydrogens (tertiary/aromatic N) is 2. The van der Waals surface area contributed by atoms with E-state index in [4.69, 9.17) is 4.74 Å². The second-order valence-electron chi connectivity index (χ2n) is 6.34. The monoisotopic (exact) mass is 362 g/mol. The molecule has 0 aliphatic carbocycles. The maximum Gasteiger partial charge on any atom is 0.261 e. The van der Waals surface area contributed by atoms with E-state index >= 15 is 0 Å². The van der Waals surface area contributed by atoms with Crippen molar-refractivity contribution in [1.29, 1.82) is 0 Å². The Morgan fingerprint density at radius 3 is 2.50 bits per heavy atom. The Morgan fingerprint density at radius 2 is 1.73 bits per heavy atom. The van der Waals surface area contributed by atoms with Crippen molar-refractivity contribution in [3.63, 3.8) is 0 Å². The summed E-state index contributed by atoms with van der Waals surface area (Å²) >= 11 is 0. The van der Waals surface area contributed by atoms with Gasteiger partial charge in [-0.3, -0.25) is 4.79 Å². The molecule has 2 aliphatic heterocycles. The number of ether oxygens (including phenoxy) is 1. The first-order chi connectivity index (χ1) is 12.6. The topological polar surface area (TPSA) is 32.8 Å². The standard InChI is InChI=1S/C19H17F3N2O2/c20-15-4-3-14(17(21)18(15)22)19(25)24-6-5-12-1-2-13(11-16(12)24)23-7-9-26-10-8-23/h1-4,11H,5-10H2. The van der Waals surface area contributed by atoms with Gasteiger partial charge in [-0.15, -0.1) is 0 Å². The normalized spacial score (nSPS) is 16.7. The first-order valence-corrected chi connectivity index (χ1v) is 8.47. The molecule has 0 aromatic heterocycles. The van der Waals surface area contributed by atoms with E-state index in [1.165, 1.54) is 4.90 Å². The Labute approximate surface area is 148 Å². The minimum atomic E-state index is -1.63. The molecule has 2 aromatic carbocycles. The van der Waals surface area contributed by atoms with E-state index in [1.807, 2.05) is 18.2 Å². The van der Waals surface area contributed by atoms with Crippen molar-refractivity contribution >= 4 is 17.3 Å². The first-order valence-electron chi connectivity index (χ1n) is 8.47. The third-order valence-corrected chi connectivity index (χ3v) is 4.85. The fourth-order valence-corrected chi connectivity index (χ4v) is 3.43. The molecule has 2 aliphatic rings. The fraction of sp³-hybridized carbons (Fsp3) is 0.316. The minimum absolute atomic E-state index is 0.374. The second kappa shape index (κ2) is 6.64. The van der Waals surface area contributed by atoms with Gasteiger partial charge in [0.1, 0.15) is 0 Å². The molecule has 1 fully saturated rings. The molecule has 7 heteroatoms. The number of benzene rings is 2. The first kappa shape index (κ1) is 16.9. The summed E-state index contributed by atoms with van der Waals surface area (Å²) in [5.41, 5.74) is 2.15. The van der Waals surface area contributed by atoms with Gasteiger partial charge in [-0.1, -0.05) is 6.07 Å². The number of amides is 1. The molecule has 26 heavy (non-hydrogen) atoms. The minimum Gasteiger partial charge on any atom is -0.378 e. The summed E-state index contributed by atoms with van der Waals surface area (Å²) in [6, 6.07) is 7.60. The predicted octanol–water partition coefficient (Wildman–Crippen LogP) is 3.14. The van der Waals surface area contributed by atoms with Gasteiger partial charge in [0.05, 0.1) is 18.8 Å². The molecule has 1 saturated heterocycles. The van der Waals surface area contributed by atoms with Crippen LogP contribution >= 0.6 is 0 Å². The zero-order valence-electron chi connectivity index (χ0n) is 14.0. The highest BCUT2D eigenvalue weighted by Crippen LogP contribution is 2.34. The second-order valence-corrected chi connectivity index (χ2v) is 6.34. The Bertz CT molecular complexity index is 866. The van der Waals surface area contributed by atoms with Crippen molar-refractivity contribution in [1.82, 2.24) is 0 Å². The van der Waals surface area contributed by atoms with Gasteiger partial charge in [0, 0.05) is 31.0 Å². The number of halogens is 3. The van der Waals surface area contributed by atoms with Crippen LogP contribution in [-0.4, -0.2) is 38.8 Å². The van der Waals surface area contributed by atoms with Gasteiger partial charge in [-0.05, 0) is 36.2 Å². The van der Waals surface area contributed by atoms with Gasteiger partial charge in [-0.2, -0.15) is 0 Å². The highest BCUT2D eigenvalue weighted by Gasteiger charge is 2.29. The maximum atomic E-state index is 14.0. The fourth-order valence-electron chi connectivity index (χ4n) is 3.43. The summed E-state index contributed by atoms with van der Waals surface area (Å²) in [5, 5.41) is 0. The average molecular weight is 362 g/mol. The molecular formula is C19H17F3N2O2. The third-order valence-electron chi connectivity index (χ3n) is 4.85. The molecule has 0 atom stereocenters. The SMILES string of the molecule is O=C(c1ccc(F)c(F)c1F)N1CCc2ccc(N3CCOCC3)cc21. The molecule has 0 bridgehead atoms. The Hall–Kier alpha value is -2.54. The zero-order chi connectivity index (χ0) is 18.3. The van der Waals surface area contributed by atoms with E-state index in [0.29, 0.717) is 31.9 Å². The summed E-state index contributed by atoms with van der Waals surface area (Å²) < 4.78 is 46.0. The number of hydrogen-bond donors (Lipinski definition) is 0. The molecule has 1 amide bonds. The Kier molecular flexibility index (Phi) is 4.32. The Balaban J connectivity index is 1.66. The molecule has 0 spiro atoms. The highest BCUT2D eigenvalue weighted by atomic mass is 19.2. The van der Waals surface area contributed by atoms with Crippen molar-refractivity contribution in [3.8, 4) is 0 Å². The number of carbonyl (C=O) groups excluding carboxylic acids is 1. The predicted molar refractivity (Wildman–Crippen MR) is 91.2 cm³/mol. The molecule has 4 rings (SSSR count). The molecule has 136 valence electrons. The lowest BCUT2D eigenvalue weighted by Crippen LogP contribution is -2.36. The van der Waals surface area contributed by atoms with E-state index in [-0.39, 0.29) is 0 Å². The molecule has 2 heterocycles. The average Bonchev–Trinajstić information content (AvgIpc) is 3.09. The van der Waals surface area contributed by atoms with Crippen LogP contribution in [0.1, 0.15) is 15.9 Å². The van der Waals surface area contributed by atoms with E-state index in [9.17, 15) is 18.0 Å². The largest absolute Gasteiger partial charge is 0.378 e. The summed E-state index contributed by atoms with van der Waals surface area (Å²) in [6.07, 6.45) is 0.635. The summed E-state index contributed by atoms with van der Waals surface area (Å²) in [7, 11) is 0. The van der Waals surface area contributed by atoms with Crippen LogP contribution in [0.4, 0.5) is 24.5 Å². The van der Waals surface area contributed by atoms with E-state index < -0.39 is 28.9 Å². The Morgan fingerprint density at radius 1 is 0.962 bits per heavy atom. The van der Waals surface area contributed by atoms with Gasteiger partial charge in [0.15, 0.2) is 17.5 Å². The number of fused-ring (bicyclic) bond motifs is 1. The van der Waals surface area contributed by atoms with Crippen LogP contribution in [0.15, 0.2) is 30.3 Å². The van der Waals surface area contributed by atoms with Crippen molar-refractivity contribution in [2.24, 2.45) is 0 Å². The summed E-state index contributed by atoms with van der Waals surface area (Å²) in [5.74, 6) is -5.06. The maximum absolute atomic E-state index is 14.0. The molecule has 0 saturated carbocycles. The number of hydrogen-bond acceptors (Lipinski definition) is 3. The van der Waals surface area contributed by atoms with Gasteiger partial charge in [0.25, 0.3) is 5.91 Å². The number of morpholine rings is 1. The number of rotatable bonds is 2. The van der Waals surface area contributed by atoms with E-state index in [1.54, 1.807) is 0 Å². The van der Waals surface area contributed by atoms with Crippen molar-refractivity contribution in [2.45, 2.75) is 6.42 Å². The quantitative estimate of drug-likeness (QED) is 0.770. The molecule has 0 N–H and O–H groups in total. The van der Waals surface area contributed by atoms with Gasteiger partial charge in [0.2, 0.25) is 0 Å². The lowest BCUT2D eigenvalue weighted by molar-refractivity contribution is 0.0984. The molecule has 2 aromatic rings. The van der Waals surface area contributed by atoms with E-state index in [0.717, 1.165) is 36.5 Å². The number of anilines is 2. The smallest absolute Gasteiger partial charge is 0.261 e. The van der Waals surface area contributed by atoms with Gasteiger partial charge >= 0.3 is 0 Å². The van der Waals surface area contributed by atoms with Crippen LogP contribution in [0.25, 0.3) is 0 Å². The third kappa shape index (κ3) is 2.82. The van der Waals surface area contributed by atoms with Gasteiger partial charge < -0.3 is 14.5 Å². The molecule has 0 radical (unpaired) electrons. The molecule has 4 nitrogen and oxygen atoms in total. The van der Waals surface area contributed by atoms with Gasteiger partial charge in [-0.25, -0.2) is 13.2 Å². The van der Waals surface area contributed by atoms with Crippen molar-refractivity contribution < 1.29 is 22.7 Å². The van der Waals surface area contributed by atoms with Crippen LogP contribution in [-0.2, 0) is 11.2 Å². The summed E-state index contributed by atoms with van der Waals surface area (Å²) in [4.78, 5) is 16.3. The van der Waals surface area contributed by atoms with Crippen molar-refractivity contribution in [3.05, 3.63) is 58.9 Å². The van der Waals surface area contributed by atoms with Crippen LogP contribution in [0.3, 0.4) is 0 Å². The summed E-state index contributed by atoms with van der Waals surface area (Å²) in [6.45, 7) is 3.16. The number of carbonyl (C=O) groups is 1. The van der Waals surface area contributed by atoms with Crippen LogP contribution in [0.2, 0.25) is 0 Å². The van der Waals surface area contributed by atoms with E-state index in [2.05, 4.69) is 4.90 Å². The van der Waals surface area contributed by atoms with Crippen LogP contribution < -0.4 is 9.80 Å². The zero-order valence-corrected chi connectivity index (χ0v) is 14.0.